The number of hydrogen-bond donors (Lipinski definition) is 1. The average molecular weight is 455 g/mol. The summed E-state index contributed by atoms with van der Waals surface area (Å²) >= 11 is 0. The molecule has 1 aromatic rings. The molecule has 1 aliphatic carbocycles. The predicted octanol–water partition coefficient (Wildman–Crippen LogP) is 3.30. The van der Waals surface area contributed by atoms with Gasteiger partial charge in [-0.05, 0) is 43.9 Å². The third kappa shape index (κ3) is 7.20. The lowest BCUT2D eigenvalue weighted by molar-refractivity contribution is -0.137. The summed E-state index contributed by atoms with van der Waals surface area (Å²) in [5, 5.41) is 2.38. The third-order valence-electron chi connectivity index (χ3n) is 5.99. The van der Waals surface area contributed by atoms with Crippen LogP contribution in [0.1, 0.15) is 38.7 Å². The highest BCUT2D eigenvalue weighted by atomic mass is 19.4. The molecule has 2 fully saturated rings. The number of carbonyl (C=O) groups excluding carboxylic acids is 2. The largest absolute Gasteiger partial charge is 0.418 e. The van der Waals surface area contributed by atoms with E-state index in [4.69, 9.17) is 0 Å². The van der Waals surface area contributed by atoms with Crippen LogP contribution in [0.15, 0.2) is 24.3 Å². The van der Waals surface area contributed by atoms with Gasteiger partial charge in [0.1, 0.15) is 0 Å². The van der Waals surface area contributed by atoms with Crippen molar-refractivity contribution >= 4 is 17.5 Å². The molecule has 1 aliphatic heterocycles. The van der Waals surface area contributed by atoms with Crippen LogP contribution in [0.4, 0.5) is 18.9 Å². The minimum Gasteiger partial charge on any atom is -0.339 e. The Labute approximate surface area is 187 Å². The van der Waals surface area contributed by atoms with Gasteiger partial charge in [0.05, 0.1) is 24.3 Å². The molecule has 32 heavy (non-hydrogen) atoms. The van der Waals surface area contributed by atoms with Crippen LogP contribution in [0.25, 0.3) is 0 Å². The highest BCUT2D eigenvalue weighted by Crippen LogP contribution is 2.34. The minimum absolute atomic E-state index is 0.00317. The standard InChI is InChI=1S/C23H33F3N4O2/c1-17(2)9-10-30(18-7-8-18)16-22(32)29-13-11-28(12-14-29)15-21(31)27-20-6-4-3-5-19(20)23(24,25)26/h3-6,17-18H,7-16H2,1-2H3,(H,27,31). The first-order valence-electron chi connectivity index (χ1n) is 11.3. The van der Waals surface area contributed by atoms with Crippen LogP contribution >= 0.6 is 0 Å². The van der Waals surface area contributed by atoms with Crippen molar-refractivity contribution < 1.29 is 22.8 Å². The number of nitrogens with one attached hydrogen (secondary N) is 1. The number of amides is 2. The summed E-state index contributed by atoms with van der Waals surface area (Å²) < 4.78 is 39.3. The molecule has 1 saturated heterocycles. The second-order valence-electron chi connectivity index (χ2n) is 9.13. The molecule has 1 heterocycles. The fourth-order valence-corrected chi connectivity index (χ4v) is 3.92. The maximum absolute atomic E-state index is 13.1. The lowest BCUT2D eigenvalue weighted by Gasteiger charge is -2.35. The van der Waals surface area contributed by atoms with Crippen molar-refractivity contribution in [3.05, 3.63) is 29.8 Å². The zero-order valence-electron chi connectivity index (χ0n) is 18.8. The van der Waals surface area contributed by atoms with Gasteiger partial charge in [-0.1, -0.05) is 26.0 Å². The summed E-state index contributed by atoms with van der Waals surface area (Å²) in [4.78, 5) is 31.1. The van der Waals surface area contributed by atoms with Crippen molar-refractivity contribution in [1.82, 2.24) is 14.7 Å². The van der Waals surface area contributed by atoms with Gasteiger partial charge in [0.2, 0.25) is 11.8 Å². The Hall–Kier alpha value is -2.13. The van der Waals surface area contributed by atoms with Gasteiger partial charge < -0.3 is 10.2 Å². The van der Waals surface area contributed by atoms with Gasteiger partial charge in [-0.25, -0.2) is 0 Å². The van der Waals surface area contributed by atoms with Gasteiger partial charge in [0, 0.05) is 32.2 Å². The average Bonchev–Trinajstić information content (AvgIpc) is 3.56. The minimum atomic E-state index is -4.53. The normalized spacial score (nSPS) is 17.8. The molecule has 1 N–H and O–H groups in total. The molecule has 9 heteroatoms. The Kier molecular flexibility index (Phi) is 8.16. The van der Waals surface area contributed by atoms with E-state index in [1.807, 2.05) is 9.80 Å². The van der Waals surface area contributed by atoms with Crippen LogP contribution < -0.4 is 5.32 Å². The number of anilines is 1. The highest BCUT2D eigenvalue weighted by Gasteiger charge is 2.34. The van der Waals surface area contributed by atoms with Crippen molar-refractivity contribution in [2.75, 3.05) is 51.1 Å². The number of rotatable bonds is 9. The first kappa shape index (κ1) is 24.5. The SMILES string of the molecule is CC(C)CCN(CC(=O)N1CCN(CC(=O)Nc2ccccc2C(F)(F)F)CC1)C1CC1. The smallest absolute Gasteiger partial charge is 0.339 e. The maximum Gasteiger partial charge on any atom is 0.418 e. The van der Waals surface area contributed by atoms with Crippen molar-refractivity contribution in [2.24, 2.45) is 5.92 Å². The Bertz CT molecular complexity index is 788. The Morgan fingerprint density at radius 3 is 2.38 bits per heavy atom. The third-order valence-corrected chi connectivity index (χ3v) is 5.99. The van der Waals surface area contributed by atoms with Gasteiger partial charge in [0.15, 0.2) is 0 Å². The van der Waals surface area contributed by atoms with Crippen LogP contribution in [0.5, 0.6) is 0 Å². The fraction of sp³-hybridized carbons (Fsp3) is 0.652. The van der Waals surface area contributed by atoms with Gasteiger partial charge in [-0.2, -0.15) is 13.2 Å². The van der Waals surface area contributed by atoms with E-state index in [1.165, 1.54) is 18.2 Å². The second-order valence-corrected chi connectivity index (χ2v) is 9.13. The van der Waals surface area contributed by atoms with E-state index in [2.05, 4.69) is 24.1 Å². The van der Waals surface area contributed by atoms with Crippen molar-refractivity contribution in [3.63, 3.8) is 0 Å². The molecule has 0 atom stereocenters. The van der Waals surface area contributed by atoms with E-state index in [0.717, 1.165) is 31.9 Å². The van der Waals surface area contributed by atoms with Crippen molar-refractivity contribution in [1.29, 1.82) is 0 Å². The molecule has 0 radical (unpaired) electrons. The topological polar surface area (TPSA) is 55.9 Å². The first-order valence-corrected chi connectivity index (χ1v) is 11.3. The van der Waals surface area contributed by atoms with Gasteiger partial charge in [0.25, 0.3) is 0 Å². The molecular weight excluding hydrogens is 421 g/mol. The van der Waals surface area contributed by atoms with E-state index in [1.54, 1.807) is 0 Å². The Morgan fingerprint density at radius 1 is 1.12 bits per heavy atom. The summed E-state index contributed by atoms with van der Waals surface area (Å²) in [5.74, 6) is 0.225. The van der Waals surface area contributed by atoms with Crippen LogP contribution in [-0.4, -0.2) is 78.4 Å². The van der Waals surface area contributed by atoms with E-state index in [0.29, 0.717) is 44.7 Å². The number of halogens is 3. The summed E-state index contributed by atoms with van der Waals surface area (Å²) in [7, 11) is 0. The van der Waals surface area contributed by atoms with E-state index >= 15 is 0 Å². The van der Waals surface area contributed by atoms with Gasteiger partial charge in [-0.3, -0.25) is 19.4 Å². The van der Waals surface area contributed by atoms with Gasteiger partial charge in [-0.15, -0.1) is 0 Å². The molecule has 6 nitrogen and oxygen atoms in total. The molecule has 0 unspecified atom stereocenters. The number of alkyl halides is 3. The molecule has 0 bridgehead atoms. The number of piperazine rings is 1. The van der Waals surface area contributed by atoms with Crippen LogP contribution in [-0.2, 0) is 15.8 Å². The molecule has 2 amide bonds. The molecule has 1 saturated carbocycles. The zero-order valence-corrected chi connectivity index (χ0v) is 18.8. The van der Waals surface area contributed by atoms with Crippen LogP contribution in [0.2, 0.25) is 0 Å². The predicted molar refractivity (Wildman–Crippen MR) is 117 cm³/mol. The molecule has 3 rings (SSSR count). The summed E-state index contributed by atoms with van der Waals surface area (Å²) in [6, 6.07) is 5.49. The summed E-state index contributed by atoms with van der Waals surface area (Å²) in [5.41, 5.74) is -1.10. The molecule has 0 spiro atoms. The zero-order chi connectivity index (χ0) is 23.3. The summed E-state index contributed by atoms with van der Waals surface area (Å²) in [6.45, 7) is 7.83. The van der Waals surface area contributed by atoms with Crippen molar-refractivity contribution in [3.8, 4) is 0 Å². The molecule has 178 valence electrons. The number of nitrogens with zero attached hydrogens (tertiary/aromatic N) is 3. The van der Waals surface area contributed by atoms with E-state index in [9.17, 15) is 22.8 Å². The number of carbonyl (C=O) groups is 2. The molecule has 1 aromatic carbocycles. The molecule has 2 aliphatic rings. The molecular formula is C23H33F3N4O2. The Morgan fingerprint density at radius 2 is 1.78 bits per heavy atom. The van der Waals surface area contributed by atoms with Crippen LogP contribution in [0.3, 0.4) is 0 Å². The monoisotopic (exact) mass is 454 g/mol. The van der Waals surface area contributed by atoms with E-state index in [-0.39, 0.29) is 18.1 Å². The molecule has 0 aromatic heterocycles. The highest BCUT2D eigenvalue weighted by molar-refractivity contribution is 5.93. The second kappa shape index (κ2) is 10.7. The lowest BCUT2D eigenvalue weighted by Crippen LogP contribution is -2.52. The lowest BCUT2D eigenvalue weighted by atomic mass is 10.1. The van der Waals surface area contributed by atoms with Gasteiger partial charge >= 0.3 is 6.18 Å². The summed E-state index contributed by atoms with van der Waals surface area (Å²) in [6.07, 6.45) is -1.14. The number of para-hydroxylation sites is 1. The quantitative estimate of drug-likeness (QED) is 0.622. The van der Waals surface area contributed by atoms with Crippen LogP contribution in [0, 0.1) is 5.92 Å². The fourth-order valence-electron chi connectivity index (χ4n) is 3.92. The Balaban J connectivity index is 1.44. The first-order chi connectivity index (χ1) is 15.1. The van der Waals surface area contributed by atoms with E-state index < -0.39 is 17.6 Å². The maximum atomic E-state index is 13.1. The number of hydrogen-bond acceptors (Lipinski definition) is 4. The van der Waals surface area contributed by atoms with Crippen molar-refractivity contribution in [2.45, 2.75) is 45.3 Å². The number of benzene rings is 1.